The van der Waals surface area contributed by atoms with Crippen molar-refractivity contribution in [2.45, 2.75) is 117 Å². The van der Waals surface area contributed by atoms with Gasteiger partial charge >= 0.3 is 5.97 Å². The number of aromatic hydroxyl groups is 1. The summed E-state index contributed by atoms with van der Waals surface area (Å²) in [6.45, 7) is 12.4. The van der Waals surface area contributed by atoms with Crippen molar-refractivity contribution in [1.29, 1.82) is 0 Å². The van der Waals surface area contributed by atoms with Crippen molar-refractivity contribution in [3.63, 3.8) is 0 Å². The molecule has 1 unspecified atom stereocenters. The third-order valence-electron chi connectivity index (χ3n) is 8.69. The first kappa shape index (κ1) is 36.7. The average molecular weight is 605 g/mol. The van der Waals surface area contributed by atoms with Gasteiger partial charge in [0.15, 0.2) is 5.79 Å². The number of cyclic esters (lactones) is 1. The Morgan fingerprint density at radius 2 is 1.72 bits per heavy atom. The molecule has 9 heteroatoms. The van der Waals surface area contributed by atoms with Crippen LogP contribution in [0.5, 0.6) is 5.75 Å². The molecular weight excluding hydrogens is 552 g/mol. The summed E-state index contributed by atoms with van der Waals surface area (Å²) in [6, 6.07) is 2.96. The summed E-state index contributed by atoms with van der Waals surface area (Å²) in [7, 11) is 0. The zero-order valence-electron chi connectivity index (χ0n) is 26.6. The van der Waals surface area contributed by atoms with E-state index in [2.05, 4.69) is 0 Å². The zero-order chi connectivity index (χ0) is 32.6. The van der Waals surface area contributed by atoms with Gasteiger partial charge in [0.2, 0.25) is 0 Å². The molecule has 0 aromatic heterocycles. The number of hydrogen-bond donors (Lipinski definition) is 7. The number of allylic oxidation sites excluding steroid dienone is 3. The molecule has 0 aliphatic carbocycles. The van der Waals surface area contributed by atoms with Crippen LogP contribution in [-0.4, -0.2) is 78.0 Å². The van der Waals surface area contributed by atoms with E-state index in [0.717, 1.165) is 0 Å². The van der Waals surface area contributed by atoms with Crippen molar-refractivity contribution in [2.75, 3.05) is 0 Å². The molecule has 2 rings (SSSR count). The first-order valence-electron chi connectivity index (χ1n) is 15.2. The minimum atomic E-state index is -2.49. The summed E-state index contributed by atoms with van der Waals surface area (Å²) >= 11 is 0. The predicted molar refractivity (Wildman–Crippen MR) is 166 cm³/mol. The summed E-state index contributed by atoms with van der Waals surface area (Å²) in [5.41, 5.74) is 2.30. The van der Waals surface area contributed by atoms with Crippen LogP contribution in [0.1, 0.15) is 95.1 Å². The van der Waals surface area contributed by atoms with Crippen molar-refractivity contribution >= 4 is 11.5 Å². The van der Waals surface area contributed by atoms with Crippen molar-refractivity contribution in [2.24, 2.45) is 17.8 Å². The Labute approximate surface area is 255 Å². The maximum absolute atomic E-state index is 13.6. The third kappa shape index (κ3) is 10.6. The molecule has 0 saturated heterocycles. The minimum Gasteiger partial charge on any atom is -0.508 e. The third-order valence-corrected chi connectivity index (χ3v) is 8.69. The SMILES string of the molecule is CCC(C)[C@@H](O)[C@@H](C)[C@@H](O)CC(O)(O)C[C@@H]1C[C@H](O)C/C=C(\C)[C@@H](O)[C@@H](C)/C=C/C=C(\C)c2cc(O)c(C)cc2C(=O)O1. The van der Waals surface area contributed by atoms with Crippen molar-refractivity contribution < 1.29 is 45.3 Å². The fourth-order valence-corrected chi connectivity index (χ4v) is 5.36. The van der Waals surface area contributed by atoms with Gasteiger partial charge in [0.1, 0.15) is 11.9 Å². The molecule has 0 amide bonds. The van der Waals surface area contributed by atoms with Crippen molar-refractivity contribution in [3.05, 3.63) is 58.7 Å². The average Bonchev–Trinajstić information content (AvgIpc) is 2.93. The number of phenols is 1. The van der Waals surface area contributed by atoms with Crippen LogP contribution in [0.15, 0.2) is 42.0 Å². The molecule has 1 aromatic rings. The first-order chi connectivity index (χ1) is 20.0. The normalized spacial score (nSPS) is 28.7. The molecule has 0 spiro atoms. The van der Waals surface area contributed by atoms with Gasteiger partial charge < -0.3 is 40.5 Å². The molecule has 0 saturated carbocycles. The predicted octanol–water partition coefficient (Wildman–Crippen LogP) is 4.15. The number of ether oxygens (including phenoxy) is 1. The van der Waals surface area contributed by atoms with Crippen LogP contribution in [0, 0.1) is 24.7 Å². The molecule has 7 N–H and O–H groups in total. The topological polar surface area (TPSA) is 168 Å². The molecule has 43 heavy (non-hydrogen) atoms. The Bertz CT molecular complexity index is 1170. The lowest BCUT2D eigenvalue weighted by atomic mass is 9.84. The number of rotatable bonds is 8. The number of aliphatic hydroxyl groups is 6. The Kier molecular flexibility index (Phi) is 13.6. The standard InChI is InChI=1S/C34H52O9/c1-8-19(2)32(39)24(7)30(37)18-34(41,42)17-26-15-25(35)13-12-22(5)31(38)21(4)11-9-10-20(3)27-16-29(36)23(6)14-28(27)33(40)43-26/h9-12,14,16,19,21,24-26,30-32,35-39,41-42H,8,13,15,17-18H2,1-7H3/b11-9+,20-10+,22-12+/t19?,21-,24-,25+,26-,30-,31-,32+/m0/s1. The van der Waals surface area contributed by atoms with E-state index in [4.69, 9.17) is 4.74 Å². The molecule has 242 valence electrons. The monoisotopic (exact) mass is 604 g/mol. The van der Waals surface area contributed by atoms with Gasteiger partial charge in [-0.2, -0.15) is 0 Å². The largest absolute Gasteiger partial charge is 0.508 e. The molecule has 0 fully saturated rings. The number of esters is 1. The molecule has 1 aromatic carbocycles. The summed E-state index contributed by atoms with van der Waals surface area (Å²) in [6.07, 6.45) is 1.59. The van der Waals surface area contributed by atoms with Gasteiger partial charge in [-0.05, 0) is 67.5 Å². The van der Waals surface area contributed by atoms with Gasteiger partial charge in [0.05, 0.1) is 30.0 Å². The van der Waals surface area contributed by atoms with E-state index in [1.54, 1.807) is 45.9 Å². The number of benzene rings is 1. The summed E-state index contributed by atoms with van der Waals surface area (Å²) in [5, 5.41) is 75.2. The van der Waals surface area contributed by atoms with E-state index >= 15 is 0 Å². The van der Waals surface area contributed by atoms with Gasteiger partial charge in [0, 0.05) is 31.1 Å². The smallest absolute Gasteiger partial charge is 0.339 e. The Balaban J connectivity index is 2.48. The highest BCUT2D eigenvalue weighted by atomic mass is 16.6. The van der Waals surface area contributed by atoms with Gasteiger partial charge in [-0.25, -0.2) is 4.79 Å². The fraction of sp³-hybridized carbons (Fsp3) is 0.618. The van der Waals surface area contributed by atoms with E-state index in [0.29, 0.717) is 28.7 Å². The number of carbonyl (C=O) groups excluding carboxylic acids is 1. The van der Waals surface area contributed by atoms with E-state index in [1.165, 1.54) is 12.1 Å². The second kappa shape index (κ2) is 16.0. The van der Waals surface area contributed by atoms with E-state index in [9.17, 15) is 40.5 Å². The quantitative estimate of drug-likeness (QED) is 0.131. The second-order valence-corrected chi connectivity index (χ2v) is 12.5. The molecular formula is C34H52O9. The number of fused-ring (bicyclic) bond motifs is 1. The summed E-state index contributed by atoms with van der Waals surface area (Å²) in [4.78, 5) is 13.6. The van der Waals surface area contributed by atoms with E-state index < -0.39 is 61.0 Å². The minimum absolute atomic E-state index is 0.0124. The number of carbonyl (C=O) groups is 1. The molecule has 8 atom stereocenters. The first-order valence-corrected chi connectivity index (χ1v) is 15.2. The van der Waals surface area contributed by atoms with Gasteiger partial charge in [-0.1, -0.05) is 58.4 Å². The fourth-order valence-electron chi connectivity index (χ4n) is 5.36. The lowest BCUT2D eigenvalue weighted by molar-refractivity contribution is -0.206. The lowest BCUT2D eigenvalue weighted by Gasteiger charge is -2.34. The zero-order valence-corrected chi connectivity index (χ0v) is 26.6. The number of hydrogen-bond acceptors (Lipinski definition) is 9. The van der Waals surface area contributed by atoms with Crippen LogP contribution in [0.2, 0.25) is 0 Å². The van der Waals surface area contributed by atoms with Crippen molar-refractivity contribution in [3.8, 4) is 5.75 Å². The van der Waals surface area contributed by atoms with Crippen LogP contribution < -0.4 is 0 Å². The van der Waals surface area contributed by atoms with Crippen LogP contribution in [0.25, 0.3) is 5.57 Å². The molecule has 0 radical (unpaired) electrons. The highest BCUT2D eigenvalue weighted by molar-refractivity contribution is 5.96. The second-order valence-electron chi connectivity index (χ2n) is 12.5. The Morgan fingerprint density at radius 1 is 1.07 bits per heavy atom. The molecule has 1 aliphatic heterocycles. The lowest BCUT2D eigenvalue weighted by Crippen LogP contribution is -2.43. The molecule has 0 bridgehead atoms. The molecule has 1 aliphatic rings. The molecule has 1 heterocycles. The number of aryl methyl sites for hydroxylation is 1. The van der Waals surface area contributed by atoms with Crippen LogP contribution in [0.4, 0.5) is 0 Å². The number of aliphatic hydroxyl groups excluding tert-OH is 4. The van der Waals surface area contributed by atoms with Gasteiger partial charge in [0.25, 0.3) is 0 Å². The van der Waals surface area contributed by atoms with Crippen LogP contribution in [0.3, 0.4) is 0 Å². The highest BCUT2D eigenvalue weighted by Crippen LogP contribution is 2.31. The number of phenolic OH excluding ortho intramolecular Hbond substituents is 1. The highest BCUT2D eigenvalue weighted by Gasteiger charge is 2.37. The van der Waals surface area contributed by atoms with E-state index in [1.807, 2.05) is 26.8 Å². The van der Waals surface area contributed by atoms with Crippen LogP contribution >= 0.6 is 0 Å². The van der Waals surface area contributed by atoms with Crippen molar-refractivity contribution in [1.82, 2.24) is 0 Å². The van der Waals surface area contributed by atoms with E-state index in [-0.39, 0.29) is 36.0 Å². The van der Waals surface area contributed by atoms with Gasteiger partial charge in [-0.3, -0.25) is 0 Å². The summed E-state index contributed by atoms with van der Waals surface area (Å²) in [5.74, 6) is -4.26. The Morgan fingerprint density at radius 3 is 2.35 bits per heavy atom. The Hall–Kier alpha value is -2.53. The maximum Gasteiger partial charge on any atom is 0.339 e. The van der Waals surface area contributed by atoms with Gasteiger partial charge in [-0.15, -0.1) is 0 Å². The van der Waals surface area contributed by atoms with Crippen LogP contribution in [-0.2, 0) is 4.74 Å². The molecule has 9 nitrogen and oxygen atoms in total. The maximum atomic E-state index is 13.6. The summed E-state index contributed by atoms with van der Waals surface area (Å²) < 4.78 is 5.79.